The summed E-state index contributed by atoms with van der Waals surface area (Å²) in [6, 6.07) is 6.56. The van der Waals surface area contributed by atoms with Crippen LogP contribution in [0.15, 0.2) is 41.2 Å². The zero-order valence-electron chi connectivity index (χ0n) is 8.91. The normalized spacial score (nSPS) is 12.7. The minimum absolute atomic E-state index is 0.182. The van der Waals surface area contributed by atoms with Crippen LogP contribution in [0.4, 0.5) is 4.39 Å². The number of nitrogens with two attached hydrogens (primary N) is 1. The Kier molecular flexibility index (Phi) is 3.03. The van der Waals surface area contributed by atoms with Crippen LogP contribution in [-0.4, -0.2) is 0 Å². The van der Waals surface area contributed by atoms with E-state index in [1.165, 1.54) is 6.07 Å². The summed E-state index contributed by atoms with van der Waals surface area (Å²) in [5, 5.41) is 0. The zero-order chi connectivity index (χ0) is 11.5. The third-order valence-electron chi connectivity index (χ3n) is 2.56. The number of halogens is 1. The highest BCUT2D eigenvalue weighted by Crippen LogP contribution is 2.23. The van der Waals surface area contributed by atoms with Crippen LogP contribution in [0.5, 0.6) is 0 Å². The van der Waals surface area contributed by atoms with Crippen LogP contribution < -0.4 is 11.3 Å². The van der Waals surface area contributed by atoms with Gasteiger partial charge in [-0.1, -0.05) is 12.1 Å². The quantitative estimate of drug-likeness (QED) is 0.616. The number of nitrogens with one attached hydrogen (secondary N) is 1. The molecule has 2 rings (SSSR count). The molecule has 1 heterocycles. The van der Waals surface area contributed by atoms with E-state index in [0.717, 1.165) is 11.1 Å². The number of hydrogen-bond donors (Lipinski definition) is 2. The fraction of sp³-hybridized carbons (Fsp3) is 0.167. The van der Waals surface area contributed by atoms with Crippen molar-refractivity contribution in [3.63, 3.8) is 0 Å². The van der Waals surface area contributed by atoms with E-state index in [-0.39, 0.29) is 11.9 Å². The minimum atomic E-state index is -0.216. The van der Waals surface area contributed by atoms with Gasteiger partial charge in [-0.3, -0.25) is 5.84 Å². The molecule has 84 valence electrons. The molecule has 0 amide bonds. The fourth-order valence-electron chi connectivity index (χ4n) is 1.67. The van der Waals surface area contributed by atoms with Crippen LogP contribution in [-0.2, 0) is 0 Å². The summed E-state index contributed by atoms with van der Waals surface area (Å²) in [6.45, 7) is 1.72. The van der Waals surface area contributed by atoms with Crippen molar-refractivity contribution in [1.82, 2.24) is 5.43 Å². The highest BCUT2D eigenvalue weighted by molar-refractivity contribution is 5.32. The SMILES string of the molecule is Cc1cc(C(NN)c2ccoc2)ccc1F. The fourth-order valence-corrected chi connectivity index (χ4v) is 1.67. The molecule has 0 bridgehead atoms. The Balaban J connectivity index is 2.37. The van der Waals surface area contributed by atoms with E-state index in [2.05, 4.69) is 5.43 Å². The van der Waals surface area contributed by atoms with Gasteiger partial charge in [0.1, 0.15) is 5.82 Å². The molecule has 3 nitrogen and oxygen atoms in total. The summed E-state index contributed by atoms with van der Waals surface area (Å²) >= 11 is 0. The van der Waals surface area contributed by atoms with Crippen molar-refractivity contribution in [2.75, 3.05) is 0 Å². The summed E-state index contributed by atoms with van der Waals surface area (Å²) < 4.78 is 18.1. The molecule has 3 N–H and O–H groups in total. The molecule has 0 saturated heterocycles. The molecule has 1 aromatic heterocycles. The first kappa shape index (κ1) is 10.9. The van der Waals surface area contributed by atoms with Crippen LogP contribution in [0, 0.1) is 12.7 Å². The topological polar surface area (TPSA) is 51.2 Å². The van der Waals surface area contributed by atoms with Crippen molar-refractivity contribution in [2.45, 2.75) is 13.0 Å². The van der Waals surface area contributed by atoms with Crippen LogP contribution in [0.25, 0.3) is 0 Å². The molecule has 0 aliphatic carbocycles. The monoisotopic (exact) mass is 220 g/mol. The lowest BCUT2D eigenvalue weighted by molar-refractivity contribution is 0.552. The number of hydrazine groups is 1. The van der Waals surface area contributed by atoms with Gasteiger partial charge in [0.05, 0.1) is 18.6 Å². The summed E-state index contributed by atoms with van der Waals surface area (Å²) in [4.78, 5) is 0. The summed E-state index contributed by atoms with van der Waals surface area (Å²) in [7, 11) is 0. The molecule has 4 heteroatoms. The van der Waals surface area contributed by atoms with Crippen molar-refractivity contribution in [3.05, 3.63) is 59.3 Å². The number of aryl methyl sites for hydroxylation is 1. The maximum atomic E-state index is 13.1. The van der Waals surface area contributed by atoms with Crippen LogP contribution >= 0.6 is 0 Å². The van der Waals surface area contributed by atoms with Crippen LogP contribution in [0.3, 0.4) is 0 Å². The van der Waals surface area contributed by atoms with E-state index >= 15 is 0 Å². The Morgan fingerprint density at radius 1 is 1.31 bits per heavy atom. The first-order chi connectivity index (χ1) is 7.72. The highest BCUT2D eigenvalue weighted by Gasteiger charge is 2.14. The Bertz CT molecular complexity index is 468. The number of hydrogen-bond acceptors (Lipinski definition) is 3. The van der Waals surface area contributed by atoms with E-state index < -0.39 is 0 Å². The second kappa shape index (κ2) is 4.47. The van der Waals surface area contributed by atoms with Gasteiger partial charge in [0.25, 0.3) is 0 Å². The third-order valence-corrected chi connectivity index (χ3v) is 2.56. The van der Waals surface area contributed by atoms with E-state index in [1.807, 2.05) is 6.07 Å². The molecule has 1 unspecified atom stereocenters. The number of furan rings is 1. The van der Waals surface area contributed by atoms with E-state index in [0.29, 0.717) is 5.56 Å². The van der Waals surface area contributed by atoms with E-state index in [4.69, 9.17) is 10.3 Å². The Morgan fingerprint density at radius 3 is 2.69 bits per heavy atom. The van der Waals surface area contributed by atoms with E-state index in [9.17, 15) is 4.39 Å². The van der Waals surface area contributed by atoms with Crippen molar-refractivity contribution in [3.8, 4) is 0 Å². The zero-order valence-corrected chi connectivity index (χ0v) is 8.91. The van der Waals surface area contributed by atoms with Gasteiger partial charge in [0.2, 0.25) is 0 Å². The van der Waals surface area contributed by atoms with Crippen molar-refractivity contribution in [2.24, 2.45) is 5.84 Å². The molecular weight excluding hydrogens is 207 g/mol. The predicted octanol–water partition coefficient (Wildman–Crippen LogP) is 2.28. The summed E-state index contributed by atoms with van der Waals surface area (Å²) in [5.74, 6) is 5.28. The molecule has 2 aromatic rings. The maximum Gasteiger partial charge on any atom is 0.126 e. The van der Waals surface area contributed by atoms with Gasteiger partial charge in [0, 0.05) is 5.56 Å². The standard InChI is InChI=1S/C12H13FN2O/c1-8-6-9(2-3-11(8)13)12(15-14)10-4-5-16-7-10/h2-7,12,15H,14H2,1H3. The highest BCUT2D eigenvalue weighted by atomic mass is 19.1. The molecule has 0 fully saturated rings. The number of benzene rings is 1. The first-order valence-corrected chi connectivity index (χ1v) is 4.96. The van der Waals surface area contributed by atoms with Gasteiger partial charge in [0.15, 0.2) is 0 Å². The Labute approximate surface area is 93.0 Å². The number of rotatable bonds is 3. The van der Waals surface area contributed by atoms with Gasteiger partial charge < -0.3 is 4.42 Å². The average Bonchev–Trinajstić information content (AvgIpc) is 2.78. The molecule has 0 spiro atoms. The average molecular weight is 220 g/mol. The Hall–Kier alpha value is -1.65. The second-order valence-electron chi connectivity index (χ2n) is 3.66. The molecule has 0 saturated carbocycles. The maximum absolute atomic E-state index is 13.1. The largest absolute Gasteiger partial charge is 0.472 e. The van der Waals surface area contributed by atoms with Crippen LogP contribution in [0.2, 0.25) is 0 Å². The van der Waals surface area contributed by atoms with Gasteiger partial charge >= 0.3 is 0 Å². The molecule has 1 atom stereocenters. The lowest BCUT2D eigenvalue weighted by atomic mass is 10.00. The van der Waals surface area contributed by atoms with Crippen molar-refractivity contribution in [1.29, 1.82) is 0 Å². The molecule has 16 heavy (non-hydrogen) atoms. The van der Waals surface area contributed by atoms with Crippen LogP contribution in [0.1, 0.15) is 22.7 Å². The summed E-state index contributed by atoms with van der Waals surface area (Å²) in [5.41, 5.74) is 5.10. The van der Waals surface area contributed by atoms with Crippen molar-refractivity contribution >= 4 is 0 Å². The smallest absolute Gasteiger partial charge is 0.126 e. The summed E-state index contributed by atoms with van der Waals surface area (Å²) in [6.07, 6.45) is 3.19. The minimum Gasteiger partial charge on any atom is -0.472 e. The van der Waals surface area contributed by atoms with Crippen molar-refractivity contribution < 1.29 is 8.81 Å². The van der Waals surface area contributed by atoms with Gasteiger partial charge in [-0.05, 0) is 30.2 Å². The van der Waals surface area contributed by atoms with Gasteiger partial charge in [-0.25, -0.2) is 9.82 Å². The predicted molar refractivity (Wildman–Crippen MR) is 59.0 cm³/mol. The molecule has 0 aliphatic rings. The lowest BCUT2D eigenvalue weighted by Crippen LogP contribution is -2.28. The Morgan fingerprint density at radius 2 is 2.12 bits per heavy atom. The van der Waals surface area contributed by atoms with Gasteiger partial charge in [-0.15, -0.1) is 0 Å². The first-order valence-electron chi connectivity index (χ1n) is 4.96. The molecular formula is C12H13FN2O. The lowest BCUT2D eigenvalue weighted by Gasteiger charge is -2.15. The third kappa shape index (κ3) is 1.98. The second-order valence-corrected chi connectivity index (χ2v) is 3.66. The molecule has 0 aliphatic heterocycles. The molecule has 1 aromatic carbocycles. The molecule has 0 radical (unpaired) electrons. The van der Waals surface area contributed by atoms with E-state index in [1.54, 1.807) is 31.6 Å². The van der Waals surface area contributed by atoms with Gasteiger partial charge in [-0.2, -0.15) is 0 Å².